The predicted molar refractivity (Wildman–Crippen MR) is 132 cm³/mol. The molecule has 0 saturated carbocycles. The molecule has 1 aromatic heterocycles. The second-order valence-corrected chi connectivity index (χ2v) is 8.75. The highest BCUT2D eigenvalue weighted by Gasteiger charge is 2.29. The number of para-hydroxylation sites is 2. The molecule has 0 unspecified atom stereocenters. The van der Waals surface area contributed by atoms with E-state index in [-0.39, 0.29) is 0 Å². The molecule has 0 aliphatic carbocycles. The van der Waals surface area contributed by atoms with E-state index in [0.717, 1.165) is 28.1 Å². The van der Waals surface area contributed by atoms with Crippen LogP contribution in [0.1, 0.15) is 24.3 Å². The van der Waals surface area contributed by atoms with Crippen LogP contribution in [0, 0.1) is 0 Å². The van der Waals surface area contributed by atoms with E-state index in [4.69, 9.17) is 14.2 Å². The summed E-state index contributed by atoms with van der Waals surface area (Å²) in [4.78, 5) is 4.66. The second kappa shape index (κ2) is 10.0. The molecular formula is C26H24N4O3S. The number of nitrogens with one attached hydrogen (secondary N) is 1. The van der Waals surface area contributed by atoms with E-state index in [1.54, 1.807) is 7.11 Å². The zero-order valence-electron chi connectivity index (χ0n) is 18.9. The van der Waals surface area contributed by atoms with Crippen molar-refractivity contribution in [2.24, 2.45) is 0 Å². The molecule has 0 saturated heterocycles. The zero-order chi connectivity index (χ0) is 23.3. The molecule has 172 valence electrons. The Balaban J connectivity index is 1.56. The number of nitrogens with zero attached hydrogens (tertiary/aromatic N) is 3. The molecule has 5 rings (SSSR count). The molecule has 0 bridgehead atoms. The third kappa shape index (κ3) is 4.49. The number of ether oxygens (including phenoxy) is 3. The number of anilines is 1. The van der Waals surface area contributed by atoms with Gasteiger partial charge >= 0.3 is 0 Å². The van der Waals surface area contributed by atoms with Crippen LogP contribution >= 0.6 is 11.8 Å². The van der Waals surface area contributed by atoms with E-state index in [0.29, 0.717) is 34.8 Å². The molecule has 8 heteroatoms. The van der Waals surface area contributed by atoms with Gasteiger partial charge in [0, 0.05) is 11.3 Å². The highest BCUT2D eigenvalue weighted by Crippen LogP contribution is 2.43. The lowest BCUT2D eigenvalue weighted by molar-refractivity contribution is 0.211. The standard InChI is InChI=1S/C26H24N4O3S/c1-3-34-26-28-25-22(29-30-26)18-12-7-8-14-20(18)27-24(33-25)19-13-9-15-21(31-2)23(19)32-16-17-10-5-4-6-11-17/h4-15,24,27H,3,16H2,1-2H3/t24-/m1/s1. The van der Waals surface area contributed by atoms with E-state index < -0.39 is 6.23 Å². The van der Waals surface area contributed by atoms with Crippen molar-refractivity contribution >= 4 is 17.4 Å². The molecule has 0 spiro atoms. The van der Waals surface area contributed by atoms with Crippen LogP contribution < -0.4 is 19.5 Å². The smallest absolute Gasteiger partial charge is 0.247 e. The fraction of sp³-hybridized carbons (Fsp3) is 0.192. The van der Waals surface area contributed by atoms with Crippen molar-refractivity contribution in [1.29, 1.82) is 0 Å². The van der Waals surface area contributed by atoms with Crippen LogP contribution in [0.5, 0.6) is 17.4 Å². The Morgan fingerprint density at radius 1 is 0.971 bits per heavy atom. The molecule has 3 aromatic carbocycles. The Morgan fingerprint density at radius 2 is 1.79 bits per heavy atom. The van der Waals surface area contributed by atoms with E-state index in [9.17, 15) is 0 Å². The van der Waals surface area contributed by atoms with Crippen molar-refractivity contribution < 1.29 is 14.2 Å². The van der Waals surface area contributed by atoms with E-state index >= 15 is 0 Å². The van der Waals surface area contributed by atoms with Crippen molar-refractivity contribution in [2.45, 2.75) is 24.9 Å². The molecule has 1 atom stereocenters. The number of thioether (sulfide) groups is 1. The third-order valence-electron chi connectivity index (χ3n) is 5.34. The van der Waals surface area contributed by atoms with Gasteiger partial charge in [-0.05, 0) is 29.5 Å². The molecule has 4 aromatic rings. The normalized spacial score (nSPS) is 14.1. The Bertz CT molecular complexity index is 1290. The summed E-state index contributed by atoms with van der Waals surface area (Å²) in [5, 5.41) is 12.8. The van der Waals surface area contributed by atoms with Crippen LogP contribution in [0.2, 0.25) is 0 Å². The van der Waals surface area contributed by atoms with Crippen molar-refractivity contribution in [3.8, 4) is 28.6 Å². The minimum Gasteiger partial charge on any atom is -0.493 e. The van der Waals surface area contributed by atoms with Crippen LogP contribution in [-0.4, -0.2) is 28.0 Å². The van der Waals surface area contributed by atoms with Crippen LogP contribution in [0.25, 0.3) is 11.3 Å². The lowest BCUT2D eigenvalue weighted by Gasteiger charge is -2.23. The number of rotatable bonds is 7. The van der Waals surface area contributed by atoms with Gasteiger partial charge in [-0.2, -0.15) is 4.98 Å². The first kappa shape index (κ1) is 22.0. The predicted octanol–water partition coefficient (Wildman–Crippen LogP) is 5.74. The van der Waals surface area contributed by atoms with E-state index in [2.05, 4.69) is 20.5 Å². The van der Waals surface area contributed by atoms with E-state index in [1.807, 2.05) is 79.7 Å². The van der Waals surface area contributed by atoms with Gasteiger partial charge in [0.2, 0.25) is 17.3 Å². The molecule has 34 heavy (non-hydrogen) atoms. The molecule has 1 aliphatic rings. The van der Waals surface area contributed by atoms with Crippen molar-refractivity contribution in [1.82, 2.24) is 15.2 Å². The monoisotopic (exact) mass is 472 g/mol. The molecule has 1 N–H and O–H groups in total. The lowest BCUT2D eigenvalue weighted by atomic mass is 10.1. The summed E-state index contributed by atoms with van der Waals surface area (Å²) in [6.07, 6.45) is -0.584. The Labute approximate surface area is 202 Å². The van der Waals surface area contributed by atoms with Crippen molar-refractivity contribution in [3.63, 3.8) is 0 Å². The first-order valence-corrected chi connectivity index (χ1v) is 12.0. The van der Waals surface area contributed by atoms with Gasteiger partial charge in [0.15, 0.2) is 17.2 Å². The van der Waals surface area contributed by atoms with Gasteiger partial charge in [-0.3, -0.25) is 0 Å². The molecule has 1 aliphatic heterocycles. The summed E-state index contributed by atoms with van der Waals surface area (Å²) in [5.41, 5.74) is 4.20. The van der Waals surface area contributed by atoms with Crippen molar-refractivity contribution in [3.05, 3.63) is 83.9 Å². The van der Waals surface area contributed by atoms with Gasteiger partial charge in [-0.15, -0.1) is 10.2 Å². The Kier molecular flexibility index (Phi) is 6.49. The average molecular weight is 473 g/mol. The van der Waals surface area contributed by atoms with Crippen LogP contribution in [-0.2, 0) is 6.61 Å². The Hall–Kier alpha value is -3.78. The molecule has 2 heterocycles. The van der Waals surface area contributed by atoms with Crippen LogP contribution in [0.4, 0.5) is 5.69 Å². The third-order valence-corrected chi connectivity index (χ3v) is 6.06. The maximum absolute atomic E-state index is 6.43. The average Bonchev–Trinajstić information content (AvgIpc) is 3.04. The number of aromatic nitrogens is 3. The van der Waals surface area contributed by atoms with Crippen molar-refractivity contribution in [2.75, 3.05) is 18.2 Å². The first-order valence-electron chi connectivity index (χ1n) is 11.0. The summed E-state index contributed by atoms with van der Waals surface area (Å²) in [7, 11) is 1.63. The van der Waals surface area contributed by atoms with Gasteiger partial charge in [0.25, 0.3) is 0 Å². The number of hydrogen-bond donors (Lipinski definition) is 1. The van der Waals surface area contributed by atoms with Gasteiger partial charge in [-0.1, -0.05) is 73.3 Å². The largest absolute Gasteiger partial charge is 0.493 e. The quantitative estimate of drug-likeness (QED) is 0.341. The Morgan fingerprint density at radius 3 is 2.62 bits per heavy atom. The van der Waals surface area contributed by atoms with Crippen LogP contribution in [0.15, 0.2) is 78.0 Å². The van der Waals surface area contributed by atoms with Gasteiger partial charge in [-0.25, -0.2) is 0 Å². The molecular weight excluding hydrogens is 448 g/mol. The summed E-state index contributed by atoms with van der Waals surface area (Å²) < 4.78 is 18.3. The summed E-state index contributed by atoms with van der Waals surface area (Å²) >= 11 is 1.52. The highest BCUT2D eigenvalue weighted by atomic mass is 32.2. The number of hydrogen-bond acceptors (Lipinski definition) is 8. The maximum Gasteiger partial charge on any atom is 0.247 e. The highest BCUT2D eigenvalue weighted by molar-refractivity contribution is 7.99. The summed E-state index contributed by atoms with van der Waals surface area (Å²) in [6.45, 7) is 2.45. The minimum atomic E-state index is -0.584. The maximum atomic E-state index is 6.43. The fourth-order valence-electron chi connectivity index (χ4n) is 3.76. The number of methoxy groups -OCH3 is 1. The minimum absolute atomic E-state index is 0.398. The van der Waals surface area contributed by atoms with E-state index in [1.165, 1.54) is 11.8 Å². The van der Waals surface area contributed by atoms with Crippen LogP contribution in [0.3, 0.4) is 0 Å². The molecule has 0 radical (unpaired) electrons. The van der Waals surface area contributed by atoms with Gasteiger partial charge in [0.05, 0.1) is 12.7 Å². The SMILES string of the molecule is CCSc1nnc2c(n1)O[C@H](c1cccc(OC)c1OCc1ccccc1)Nc1ccccc1-2. The molecule has 7 nitrogen and oxygen atoms in total. The zero-order valence-corrected chi connectivity index (χ0v) is 19.7. The summed E-state index contributed by atoms with van der Waals surface area (Å²) in [5.74, 6) is 2.49. The number of fused-ring (bicyclic) bond motifs is 3. The first-order chi connectivity index (χ1) is 16.8. The van der Waals surface area contributed by atoms with Gasteiger partial charge < -0.3 is 19.5 Å². The van der Waals surface area contributed by atoms with Gasteiger partial charge in [0.1, 0.15) is 6.61 Å². The number of benzene rings is 3. The second-order valence-electron chi connectivity index (χ2n) is 7.52. The topological polar surface area (TPSA) is 78.4 Å². The molecule has 0 fully saturated rings. The fourth-order valence-corrected chi connectivity index (χ4v) is 4.27. The summed E-state index contributed by atoms with van der Waals surface area (Å²) in [6, 6.07) is 23.7. The lowest BCUT2D eigenvalue weighted by Crippen LogP contribution is -2.18. The molecule has 0 amide bonds.